The highest BCUT2D eigenvalue weighted by Crippen LogP contribution is 2.25. The third-order valence-corrected chi connectivity index (χ3v) is 2.36. The summed E-state index contributed by atoms with van der Waals surface area (Å²) >= 11 is 5.13. The van der Waals surface area contributed by atoms with Gasteiger partial charge in [-0.2, -0.15) is 0 Å². The Kier molecular flexibility index (Phi) is 2.04. The minimum atomic E-state index is 0.755. The van der Waals surface area contributed by atoms with E-state index in [9.17, 15) is 0 Å². The van der Waals surface area contributed by atoms with Gasteiger partial charge in [0, 0.05) is 12.4 Å². The molecule has 0 amide bonds. The number of hydrogen-bond donors (Lipinski definition) is 1. The highest BCUT2D eigenvalue weighted by atomic mass is 32.1. The zero-order chi connectivity index (χ0) is 8.39. The standard InChI is InChI=1S/C9H10N2S/c12-9-8(10-5-6-11-9)7-3-1-2-4-7/h3,5-6H,1-2,4H2,(H,11,12). The lowest BCUT2D eigenvalue weighted by atomic mass is 10.2. The molecule has 0 unspecified atom stereocenters. The van der Waals surface area contributed by atoms with Crippen molar-refractivity contribution in [2.45, 2.75) is 19.3 Å². The van der Waals surface area contributed by atoms with E-state index in [0.717, 1.165) is 16.8 Å². The molecule has 0 saturated carbocycles. The number of aromatic amines is 1. The van der Waals surface area contributed by atoms with Crippen molar-refractivity contribution in [3.8, 4) is 0 Å². The predicted octanol–water partition coefficient (Wildman–Crippen LogP) is 2.71. The third kappa shape index (κ3) is 1.32. The molecule has 0 aliphatic heterocycles. The lowest BCUT2D eigenvalue weighted by Gasteiger charge is -1.99. The van der Waals surface area contributed by atoms with Crippen molar-refractivity contribution in [3.63, 3.8) is 0 Å². The molecule has 62 valence electrons. The first-order valence-corrected chi connectivity index (χ1v) is 4.52. The number of hydrogen-bond acceptors (Lipinski definition) is 2. The average Bonchev–Trinajstić information content (AvgIpc) is 2.57. The first kappa shape index (κ1) is 7.68. The van der Waals surface area contributed by atoms with Gasteiger partial charge in [-0.05, 0) is 24.8 Å². The lowest BCUT2D eigenvalue weighted by Crippen LogP contribution is -1.89. The molecule has 1 aromatic heterocycles. The van der Waals surface area contributed by atoms with Crippen LogP contribution in [0.25, 0.3) is 5.57 Å². The van der Waals surface area contributed by atoms with Crippen molar-refractivity contribution in [1.82, 2.24) is 9.97 Å². The van der Waals surface area contributed by atoms with E-state index < -0.39 is 0 Å². The van der Waals surface area contributed by atoms with Gasteiger partial charge in [0.25, 0.3) is 0 Å². The summed E-state index contributed by atoms with van der Waals surface area (Å²) in [6, 6.07) is 0. The molecule has 1 N–H and O–H groups in total. The molecular formula is C9H10N2S. The summed E-state index contributed by atoms with van der Waals surface area (Å²) in [7, 11) is 0. The van der Waals surface area contributed by atoms with Crippen LogP contribution < -0.4 is 0 Å². The van der Waals surface area contributed by atoms with Crippen LogP contribution in [-0.2, 0) is 0 Å². The van der Waals surface area contributed by atoms with Crippen LogP contribution in [0.5, 0.6) is 0 Å². The molecule has 0 aromatic carbocycles. The molecule has 0 atom stereocenters. The first-order chi connectivity index (χ1) is 5.88. The van der Waals surface area contributed by atoms with E-state index in [1.54, 1.807) is 12.4 Å². The molecule has 1 aliphatic rings. The SMILES string of the molecule is S=c1[nH]ccnc1C1=CCCC1. The van der Waals surface area contributed by atoms with Gasteiger partial charge in [-0.15, -0.1) is 0 Å². The van der Waals surface area contributed by atoms with Crippen LogP contribution in [0.1, 0.15) is 25.0 Å². The van der Waals surface area contributed by atoms with Gasteiger partial charge in [-0.1, -0.05) is 18.3 Å². The van der Waals surface area contributed by atoms with E-state index in [1.807, 2.05) is 0 Å². The molecular weight excluding hydrogens is 168 g/mol. The number of nitrogens with zero attached hydrogens (tertiary/aromatic N) is 1. The van der Waals surface area contributed by atoms with Crippen molar-refractivity contribution in [1.29, 1.82) is 0 Å². The minimum absolute atomic E-state index is 0.755. The van der Waals surface area contributed by atoms with Gasteiger partial charge in [0.2, 0.25) is 0 Å². The van der Waals surface area contributed by atoms with E-state index >= 15 is 0 Å². The maximum Gasteiger partial charge on any atom is 0.129 e. The molecule has 0 bridgehead atoms. The topological polar surface area (TPSA) is 28.7 Å². The van der Waals surface area contributed by atoms with Gasteiger partial charge in [0.1, 0.15) is 10.3 Å². The molecule has 0 spiro atoms. The summed E-state index contributed by atoms with van der Waals surface area (Å²) in [5.74, 6) is 0. The smallest absolute Gasteiger partial charge is 0.129 e. The van der Waals surface area contributed by atoms with Crippen molar-refractivity contribution >= 4 is 17.8 Å². The monoisotopic (exact) mass is 178 g/mol. The first-order valence-electron chi connectivity index (χ1n) is 4.11. The summed E-state index contributed by atoms with van der Waals surface area (Å²) in [5, 5.41) is 0. The highest BCUT2D eigenvalue weighted by Gasteiger charge is 2.08. The van der Waals surface area contributed by atoms with E-state index in [4.69, 9.17) is 12.2 Å². The van der Waals surface area contributed by atoms with Crippen LogP contribution in [0.4, 0.5) is 0 Å². The summed E-state index contributed by atoms with van der Waals surface area (Å²) in [6.07, 6.45) is 9.27. The maximum absolute atomic E-state index is 5.13. The Morgan fingerprint density at radius 2 is 2.42 bits per heavy atom. The van der Waals surface area contributed by atoms with Gasteiger partial charge in [0.15, 0.2) is 0 Å². The summed E-state index contributed by atoms with van der Waals surface area (Å²) in [4.78, 5) is 7.24. The van der Waals surface area contributed by atoms with Crippen molar-refractivity contribution in [2.75, 3.05) is 0 Å². The molecule has 3 heteroatoms. The Balaban J connectivity index is 2.46. The largest absolute Gasteiger partial charge is 0.350 e. The Hall–Kier alpha value is -0.960. The third-order valence-electron chi connectivity index (χ3n) is 2.05. The van der Waals surface area contributed by atoms with Gasteiger partial charge in [-0.3, -0.25) is 4.98 Å². The predicted molar refractivity (Wildman–Crippen MR) is 51.2 cm³/mol. The van der Waals surface area contributed by atoms with Gasteiger partial charge < -0.3 is 4.98 Å². The maximum atomic E-state index is 5.13. The number of H-pyrrole nitrogens is 1. The average molecular weight is 178 g/mol. The quantitative estimate of drug-likeness (QED) is 0.670. The Morgan fingerprint density at radius 1 is 1.50 bits per heavy atom. The summed E-state index contributed by atoms with van der Waals surface area (Å²) in [6.45, 7) is 0. The molecule has 0 saturated heterocycles. The molecule has 2 nitrogen and oxygen atoms in total. The van der Waals surface area contributed by atoms with Crippen molar-refractivity contribution in [3.05, 3.63) is 28.8 Å². The van der Waals surface area contributed by atoms with Crippen LogP contribution in [0.2, 0.25) is 0 Å². The second-order valence-electron chi connectivity index (χ2n) is 2.89. The summed E-state index contributed by atoms with van der Waals surface area (Å²) in [5.41, 5.74) is 2.27. The van der Waals surface area contributed by atoms with Crippen molar-refractivity contribution < 1.29 is 0 Å². The number of aromatic nitrogens is 2. The van der Waals surface area contributed by atoms with E-state index in [1.165, 1.54) is 18.4 Å². The Morgan fingerprint density at radius 3 is 3.08 bits per heavy atom. The molecule has 12 heavy (non-hydrogen) atoms. The normalized spacial score (nSPS) is 16.2. The molecule has 2 rings (SSSR count). The van der Waals surface area contributed by atoms with E-state index in [0.29, 0.717) is 0 Å². The zero-order valence-electron chi connectivity index (χ0n) is 6.71. The number of nitrogens with one attached hydrogen (secondary N) is 1. The Labute approximate surface area is 76.4 Å². The molecule has 1 heterocycles. The Bertz CT molecular complexity index is 365. The summed E-state index contributed by atoms with van der Waals surface area (Å²) < 4.78 is 0.755. The van der Waals surface area contributed by atoms with Crippen LogP contribution in [0.15, 0.2) is 18.5 Å². The van der Waals surface area contributed by atoms with Crippen LogP contribution >= 0.6 is 12.2 Å². The fourth-order valence-corrected chi connectivity index (χ4v) is 1.72. The van der Waals surface area contributed by atoms with E-state index in [-0.39, 0.29) is 0 Å². The molecule has 1 aromatic rings. The van der Waals surface area contributed by atoms with Gasteiger partial charge >= 0.3 is 0 Å². The molecule has 0 radical (unpaired) electrons. The van der Waals surface area contributed by atoms with Crippen LogP contribution in [-0.4, -0.2) is 9.97 Å². The number of rotatable bonds is 1. The number of allylic oxidation sites excluding steroid dienone is 2. The molecule has 1 aliphatic carbocycles. The molecule has 0 fully saturated rings. The highest BCUT2D eigenvalue weighted by molar-refractivity contribution is 7.71. The second-order valence-corrected chi connectivity index (χ2v) is 3.30. The fraction of sp³-hybridized carbons (Fsp3) is 0.333. The van der Waals surface area contributed by atoms with Crippen LogP contribution in [0, 0.1) is 4.64 Å². The van der Waals surface area contributed by atoms with Crippen LogP contribution in [0.3, 0.4) is 0 Å². The van der Waals surface area contributed by atoms with Gasteiger partial charge in [0.05, 0.1) is 0 Å². The second kappa shape index (κ2) is 3.19. The lowest BCUT2D eigenvalue weighted by molar-refractivity contribution is 0.931. The van der Waals surface area contributed by atoms with Crippen molar-refractivity contribution in [2.24, 2.45) is 0 Å². The van der Waals surface area contributed by atoms with Gasteiger partial charge in [-0.25, -0.2) is 0 Å². The zero-order valence-corrected chi connectivity index (χ0v) is 7.53. The fourth-order valence-electron chi connectivity index (χ4n) is 1.47. The minimum Gasteiger partial charge on any atom is -0.350 e. The van der Waals surface area contributed by atoms with E-state index in [2.05, 4.69) is 16.0 Å².